The van der Waals surface area contributed by atoms with Crippen LogP contribution in [0, 0.1) is 0 Å². The van der Waals surface area contributed by atoms with E-state index in [-0.39, 0.29) is 16.9 Å². The van der Waals surface area contributed by atoms with Crippen molar-refractivity contribution in [3.8, 4) is 5.75 Å². The van der Waals surface area contributed by atoms with Gasteiger partial charge >= 0.3 is 0 Å². The zero-order valence-electron chi connectivity index (χ0n) is 23.3. The predicted molar refractivity (Wildman–Crippen MR) is 164 cm³/mol. The van der Waals surface area contributed by atoms with Crippen LogP contribution < -0.4 is 26.0 Å². The molecule has 0 aliphatic carbocycles. The molecule has 11 nitrogen and oxygen atoms in total. The fourth-order valence-corrected chi connectivity index (χ4v) is 5.45. The number of amides is 2. The van der Waals surface area contributed by atoms with Crippen LogP contribution >= 0.6 is 18.7 Å². The van der Waals surface area contributed by atoms with Crippen molar-refractivity contribution in [1.82, 2.24) is 19.8 Å². The van der Waals surface area contributed by atoms with E-state index in [0.29, 0.717) is 47.0 Å². The van der Waals surface area contributed by atoms with Gasteiger partial charge in [-0.3, -0.25) is 9.59 Å². The summed E-state index contributed by atoms with van der Waals surface area (Å²) in [6.07, 6.45) is 3.95. The molecular weight excluding hydrogens is 565 g/mol. The number of likely N-dealkylation sites (N-methyl/N-ethyl adjacent to an activating group) is 1. The Morgan fingerprint density at radius 2 is 1.76 bits per heavy atom. The van der Waals surface area contributed by atoms with Gasteiger partial charge in [-0.05, 0) is 50.7 Å². The van der Waals surface area contributed by atoms with Gasteiger partial charge in [-0.15, -0.1) is 0 Å². The summed E-state index contributed by atoms with van der Waals surface area (Å²) in [5, 5.41) is 9.97. The number of halogens is 1. The Bertz CT molecular complexity index is 1500. The van der Waals surface area contributed by atoms with Crippen LogP contribution in [0.3, 0.4) is 0 Å². The predicted octanol–water partition coefficient (Wildman–Crippen LogP) is 4.14. The second-order valence-corrected chi connectivity index (χ2v) is 13.5. The Kier molecular flexibility index (Phi) is 9.65. The lowest BCUT2D eigenvalue weighted by atomic mass is 10.2. The summed E-state index contributed by atoms with van der Waals surface area (Å²) in [7, 11) is 0.963. The minimum absolute atomic E-state index is 0.196. The van der Waals surface area contributed by atoms with E-state index in [0.717, 1.165) is 13.1 Å². The lowest BCUT2D eigenvalue weighted by Gasteiger charge is -2.31. The van der Waals surface area contributed by atoms with Gasteiger partial charge in [-0.2, -0.15) is 4.98 Å². The van der Waals surface area contributed by atoms with E-state index in [9.17, 15) is 14.2 Å². The smallest absolute Gasteiger partial charge is 0.248 e. The number of aromatic nitrogens is 2. The number of piperazine rings is 1. The summed E-state index contributed by atoms with van der Waals surface area (Å²) >= 11 is 6.37. The van der Waals surface area contributed by atoms with E-state index in [4.69, 9.17) is 16.3 Å². The first-order valence-corrected chi connectivity index (χ1v) is 15.9. The maximum Gasteiger partial charge on any atom is 0.248 e. The Morgan fingerprint density at radius 3 is 2.46 bits per heavy atom. The largest absolute Gasteiger partial charge is 0.495 e. The van der Waals surface area contributed by atoms with Gasteiger partial charge in [0.25, 0.3) is 0 Å². The first kappa shape index (κ1) is 30.0. The van der Waals surface area contributed by atoms with Gasteiger partial charge in [0.1, 0.15) is 17.9 Å². The SMILES string of the molecule is COc1ccc(NC(=O)/C=C/C(=O)N2CCN(C)CC2)cc1Nc1ncc(Cl)c(Nc2ccccc2P(C)(C)=O)n1. The topological polar surface area (TPSA) is 129 Å². The van der Waals surface area contributed by atoms with Crippen LogP contribution in [0.15, 0.2) is 60.8 Å². The third-order valence-corrected chi connectivity index (χ3v) is 8.21. The second-order valence-electron chi connectivity index (χ2n) is 9.87. The average Bonchev–Trinajstić information content (AvgIpc) is 2.94. The van der Waals surface area contributed by atoms with Gasteiger partial charge in [0.2, 0.25) is 17.8 Å². The van der Waals surface area contributed by atoms with E-state index in [1.54, 1.807) is 42.5 Å². The molecule has 0 spiro atoms. The summed E-state index contributed by atoms with van der Waals surface area (Å²) < 4.78 is 18.2. The minimum atomic E-state index is -2.57. The monoisotopic (exact) mass is 597 g/mol. The number of carbonyl (C=O) groups is 2. The molecule has 1 fully saturated rings. The first-order chi connectivity index (χ1) is 19.5. The number of rotatable bonds is 9. The van der Waals surface area contributed by atoms with E-state index in [2.05, 4.69) is 30.8 Å². The van der Waals surface area contributed by atoms with Crippen LogP contribution in [0.2, 0.25) is 5.02 Å². The van der Waals surface area contributed by atoms with Gasteiger partial charge in [0.15, 0.2) is 5.82 Å². The molecular formula is C28H33ClN7O4P. The highest BCUT2D eigenvalue weighted by molar-refractivity contribution is 7.70. The number of nitrogens with zero attached hydrogens (tertiary/aromatic N) is 4. The highest BCUT2D eigenvalue weighted by Crippen LogP contribution is 2.39. The van der Waals surface area contributed by atoms with Gasteiger partial charge in [-0.1, -0.05) is 23.7 Å². The number of para-hydroxylation sites is 1. The Labute approximate surface area is 244 Å². The molecule has 4 rings (SSSR count). The number of hydrogen-bond acceptors (Lipinski definition) is 9. The maximum atomic E-state index is 12.8. The number of anilines is 5. The number of hydrogen-bond donors (Lipinski definition) is 3. The number of nitrogens with one attached hydrogen (secondary N) is 3. The highest BCUT2D eigenvalue weighted by atomic mass is 35.5. The lowest BCUT2D eigenvalue weighted by Crippen LogP contribution is -2.46. The van der Waals surface area contributed by atoms with Gasteiger partial charge in [0, 0.05) is 49.3 Å². The van der Waals surface area contributed by atoms with Crippen molar-refractivity contribution in [3.63, 3.8) is 0 Å². The van der Waals surface area contributed by atoms with Crippen molar-refractivity contribution < 1.29 is 18.9 Å². The molecule has 216 valence electrons. The van der Waals surface area contributed by atoms with E-state index in [1.165, 1.54) is 25.5 Å². The molecule has 2 amide bonds. The summed E-state index contributed by atoms with van der Waals surface area (Å²) in [6, 6.07) is 12.3. The van der Waals surface area contributed by atoms with Crippen LogP contribution in [0.4, 0.5) is 28.8 Å². The van der Waals surface area contributed by atoms with E-state index in [1.807, 2.05) is 25.2 Å². The molecule has 3 N–H and O–H groups in total. The van der Waals surface area contributed by atoms with Crippen molar-refractivity contribution in [2.24, 2.45) is 0 Å². The molecule has 3 aromatic rings. The van der Waals surface area contributed by atoms with Gasteiger partial charge < -0.3 is 35.1 Å². The number of carbonyl (C=O) groups excluding carboxylic acids is 2. The molecule has 13 heteroatoms. The van der Waals surface area contributed by atoms with Crippen LogP contribution in [-0.4, -0.2) is 85.2 Å². The van der Waals surface area contributed by atoms with Crippen LogP contribution in [0.5, 0.6) is 5.75 Å². The number of benzene rings is 2. The molecule has 2 heterocycles. The zero-order valence-corrected chi connectivity index (χ0v) is 25.0. The van der Waals surface area contributed by atoms with Crippen molar-refractivity contribution in [2.75, 3.05) is 69.6 Å². The van der Waals surface area contributed by atoms with Crippen LogP contribution in [0.1, 0.15) is 0 Å². The molecule has 41 heavy (non-hydrogen) atoms. The molecule has 0 bridgehead atoms. The van der Waals surface area contributed by atoms with Crippen LogP contribution in [-0.2, 0) is 14.2 Å². The Hall–Kier alpha value is -3.92. The summed E-state index contributed by atoms with van der Waals surface area (Å²) in [6.45, 7) is 6.25. The quantitative estimate of drug-likeness (QED) is 0.246. The van der Waals surface area contributed by atoms with Crippen molar-refractivity contribution in [2.45, 2.75) is 0 Å². The van der Waals surface area contributed by atoms with Gasteiger partial charge in [0.05, 0.1) is 24.7 Å². The van der Waals surface area contributed by atoms with E-state index < -0.39 is 13.0 Å². The molecule has 0 radical (unpaired) electrons. The molecule has 0 atom stereocenters. The fraction of sp³-hybridized carbons (Fsp3) is 0.286. The Balaban J connectivity index is 1.48. The Morgan fingerprint density at radius 1 is 1.02 bits per heavy atom. The first-order valence-electron chi connectivity index (χ1n) is 12.9. The molecule has 1 aromatic heterocycles. The fourth-order valence-electron chi connectivity index (χ4n) is 4.16. The van der Waals surface area contributed by atoms with Gasteiger partial charge in [-0.25, -0.2) is 4.98 Å². The standard InChI is InChI=1S/C28H33ClN7O4P/c1-35-13-15-36(16-14-35)26(38)12-11-25(37)31-19-9-10-23(40-2)22(17-19)33-28-30-18-20(29)27(34-28)32-21-7-5-6-8-24(21)41(3,4)39/h5-12,17-18H,13-16H2,1-4H3,(H,31,37)(H2,30,32,33,34)/b12-11+. The minimum Gasteiger partial charge on any atom is -0.495 e. The van der Waals surface area contributed by atoms with Crippen LogP contribution in [0.25, 0.3) is 0 Å². The van der Waals surface area contributed by atoms with E-state index >= 15 is 0 Å². The summed E-state index contributed by atoms with van der Waals surface area (Å²) in [5.41, 5.74) is 1.59. The number of ether oxygens (including phenoxy) is 1. The third kappa shape index (κ3) is 8.07. The third-order valence-electron chi connectivity index (χ3n) is 6.39. The number of methoxy groups -OCH3 is 1. The molecule has 0 unspecified atom stereocenters. The van der Waals surface area contributed by atoms with Crippen molar-refractivity contribution in [3.05, 3.63) is 65.8 Å². The molecule has 1 aliphatic rings. The lowest BCUT2D eigenvalue weighted by molar-refractivity contribution is -0.127. The van der Waals surface area contributed by atoms with Crippen molar-refractivity contribution >= 4 is 64.7 Å². The van der Waals surface area contributed by atoms with Crippen molar-refractivity contribution in [1.29, 1.82) is 0 Å². The summed E-state index contributed by atoms with van der Waals surface area (Å²) in [5.74, 6) is 0.382. The zero-order chi connectivity index (χ0) is 29.6. The highest BCUT2D eigenvalue weighted by Gasteiger charge is 2.19. The second kappa shape index (κ2) is 13.2. The summed E-state index contributed by atoms with van der Waals surface area (Å²) in [4.78, 5) is 37.6. The molecule has 1 aliphatic heterocycles. The maximum absolute atomic E-state index is 12.8. The molecule has 2 aromatic carbocycles. The molecule has 1 saturated heterocycles. The molecule has 0 saturated carbocycles. The normalized spacial score (nSPS) is 14.1. The average molecular weight is 598 g/mol.